The Balaban J connectivity index is 1.57. The van der Waals surface area contributed by atoms with E-state index in [1.165, 1.54) is 0 Å². The van der Waals surface area contributed by atoms with Crippen LogP contribution >= 0.6 is 0 Å². The summed E-state index contributed by atoms with van der Waals surface area (Å²) in [5.41, 5.74) is 3.36. The van der Waals surface area contributed by atoms with Crippen molar-refractivity contribution in [1.82, 2.24) is 0 Å². The van der Waals surface area contributed by atoms with E-state index in [0.29, 0.717) is 12.3 Å². The van der Waals surface area contributed by atoms with Crippen LogP contribution in [0.2, 0.25) is 0 Å². The van der Waals surface area contributed by atoms with Gasteiger partial charge in [-0.05, 0) is 36.1 Å². The van der Waals surface area contributed by atoms with E-state index in [1.54, 1.807) is 6.07 Å². The highest BCUT2D eigenvalue weighted by Gasteiger charge is 2.30. The van der Waals surface area contributed by atoms with E-state index in [4.69, 9.17) is 9.84 Å². The molecule has 172 valence electrons. The first-order valence-electron chi connectivity index (χ1n) is 11.0. The summed E-state index contributed by atoms with van der Waals surface area (Å²) in [6.07, 6.45) is 1.62. The molecule has 0 aromatic heterocycles. The largest absolute Gasteiger partial charge is 0.482 e. The third-order valence-corrected chi connectivity index (χ3v) is 7.88. The fourth-order valence-electron chi connectivity index (χ4n) is 4.39. The summed E-state index contributed by atoms with van der Waals surface area (Å²) < 4.78 is 32.7. The Morgan fingerprint density at radius 2 is 1.58 bits per heavy atom. The van der Waals surface area contributed by atoms with Crippen LogP contribution < -0.4 is 9.64 Å². The van der Waals surface area contributed by atoms with Crippen molar-refractivity contribution in [3.8, 4) is 5.75 Å². The van der Waals surface area contributed by atoms with Crippen LogP contribution in [-0.2, 0) is 21.1 Å². The second-order valence-corrected chi connectivity index (χ2v) is 10.3. The van der Waals surface area contributed by atoms with E-state index < -0.39 is 27.7 Å². The number of benzene rings is 3. The van der Waals surface area contributed by atoms with Crippen molar-refractivity contribution in [3.05, 3.63) is 95.6 Å². The van der Waals surface area contributed by atoms with E-state index in [2.05, 4.69) is 4.90 Å². The van der Waals surface area contributed by atoms with Gasteiger partial charge in [-0.25, -0.2) is 13.2 Å². The third kappa shape index (κ3) is 5.37. The van der Waals surface area contributed by atoms with E-state index in [0.717, 1.165) is 41.8 Å². The monoisotopic (exact) mass is 465 g/mol. The van der Waals surface area contributed by atoms with Gasteiger partial charge in [-0.1, -0.05) is 66.7 Å². The summed E-state index contributed by atoms with van der Waals surface area (Å²) >= 11 is 0. The van der Waals surface area contributed by atoms with Gasteiger partial charge in [0.2, 0.25) is 0 Å². The SMILES string of the molecule is O=C(O)COc1cccc2c1CCCN2CCS(=O)(=O)C(c1ccccc1)c1ccccc1. The molecule has 7 heteroatoms. The average Bonchev–Trinajstić information content (AvgIpc) is 2.82. The summed E-state index contributed by atoms with van der Waals surface area (Å²) in [6, 6.07) is 24.2. The highest BCUT2D eigenvalue weighted by molar-refractivity contribution is 7.91. The molecular formula is C26H27NO5S. The van der Waals surface area contributed by atoms with Crippen molar-refractivity contribution in [3.63, 3.8) is 0 Å². The maximum atomic E-state index is 13.6. The van der Waals surface area contributed by atoms with Gasteiger partial charge in [-0.3, -0.25) is 0 Å². The van der Waals surface area contributed by atoms with Crippen molar-refractivity contribution in [2.75, 3.05) is 30.3 Å². The minimum absolute atomic E-state index is 0.00110. The van der Waals surface area contributed by atoms with Crippen molar-refractivity contribution in [2.45, 2.75) is 18.1 Å². The zero-order valence-corrected chi connectivity index (χ0v) is 19.1. The van der Waals surface area contributed by atoms with Crippen LogP contribution in [0.15, 0.2) is 78.9 Å². The lowest BCUT2D eigenvalue weighted by Crippen LogP contribution is -2.35. The maximum absolute atomic E-state index is 13.6. The number of carboxylic acids is 1. The van der Waals surface area contributed by atoms with Gasteiger partial charge in [0.15, 0.2) is 16.4 Å². The molecule has 3 aromatic carbocycles. The number of rotatable bonds is 9. The Labute approximate surface area is 194 Å². The standard InChI is InChI=1S/C26H27NO5S/c28-25(29)19-32-24-15-7-14-23-22(24)13-8-16-27(23)17-18-33(30,31)26(20-9-3-1-4-10-20)21-11-5-2-6-12-21/h1-7,9-12,14-15,26H,8,13,16-19H2,(H,28,29). The second kappa shape index (κ2) is 10.1. The number of aliphatic carboxylic acids is 1. The minimum atomic E-state index is -3.51. The fourth-order valence-corrected chi connectivity index (χ4v) is 6.25. The maximum Gasteiger partial charge on any atom is 0.341 e. The van der Waals surface area contributed by atoms with E-state index >= 15 is 0 Å². The molecule has 0 unspecified atom stereocenters. The molecule has 1 N–H and O–H groups in total. The number of nitrogens with zero attached hydrogens (tertiary/aromatic N) is 1. The lowest BCUT2D eigenvalue weighted by atomic mass is 10.0. The van der Waals surface area contributed by atoms with Gasteiger partial charge in [0.05, 0.1) is 5.75 Å². The Morgan fingerprint density at radius 1 is 0.939 bits per heavy atom. The molecule has 0 fully saturated rings. The topological polar surface area (TPSA) is 83.9 Å². The number of carbonyl (C=O) groups is 1. The molecule has 4 rings (SSSR count). The van der Waals surface area contributed by atoms with Crippen LogP contribution in [0.1, 0.15) is 28.4 Å². The smallest absolute Gasteiger partial charge is 0.341 e. The zero-order valence-electron chi connectivity index (χ0n) is 18.3. The normalized spacial score (nSPS) is 13.5. The number of ether oxygens (including phenoxy) is 1. The van der Waals surface area contributed by atoms with Crippen molar-refractivity contribution in [2.24, 2.45) is 0 Å². The molecule has 3 aromatic rings. The number of hydrogen-bond acceptors (Lipinski definition) is 5. The van der Waals surface area contributed by atoms with E-state index in [9.17, 15) is 13.2 Å². The van der Waals surface area contributed by atoms with Crippen molar-refractivity contribution < 1.29 is 23.1 Å². The summed E-state index contributed by atoms with van der Waals surface area (Å²) in [5.74, 6) is -0.477. The molecule has 6 nitrogen and oxygen atoms in total. The van der Waals surface area contributed by atoms with Gasteiger partial charge in [0, 0.05) is 24.3 Å². The predicted molar refractivity (Wildman–Crippen MR) is 129 cm³/mol. The van der Waals surface area contributed by atoms with Crippen LogP contribution in [-0.4, -0.2) is 44.9 Å². The Morgan fingerprint density at radius 3 is 2.18 bits per heavy atom. The number of anilines is 1. The number of hydrogen-bond donors (Lipinski definition) is 1. The molecule has 0 saturated heterocycles. The molecular weight excluding hydrogens is 438 g/mol. The summed E-state index contributed by atoms with van der Waals surface area (Å²) in [4.78, 5) is 13.0. The molecule has 33 heavy (non-hydrogen) atoms. The summed E-state index contributed by atoms with van der Waals surface area (Å²) in [7, 11) is -3.51. The van der Waals surface area contributed by atoms with E-state index in [1.807, 2.05) is 72.8 Å². The minimum Gasteiger partial charge on any atom is -0.482 e. The van der Waals surface area contributed by atoms with Crippen molar-refractivity contribution >= 4 is 21.5 Å². The number of carboxylic acid groups (broad SMARTS) is 1. The van der Waals surface area contributed by atoms with Gasteiger partial charge in [-0.2, -0.15) is 0 Å². The molecule has 0 aliphatic carbocycles. The van der Waals surface area contributed by atoms with Gasteiger partial charge < -0.3 is 14.7 Å². The second-order valence-electron chi connectivity index (χ2n) is 8.10. The fraction of sp³-hybridized carbons (Fsp3) is 0.269. The molecule has 1 heterocycles. The van der Waals surface area contributed by atoms with Crippen LogP contribution in [0.5, 0.6) is 5.75 Å². The first-order valence-corrected chi connectivity index (χ1v) is 12.7. The third-order valence-electron chi connectivity index (χ3n) is 5.86. The molecule has 0 spiro atoms. The highest BCUT2D eigenvalue weighted by Crippen LogP contribution is 2.35. The first kappa shape index (κ1) is 22.9. The predicted octanol–water partition coefficient (Wildman–Crippen LogP) is 4.11. The Bertz CT molecular complexity index is 1160. The molecule has 0 saturated carbocycles. The molecule has 1 aliphatic rings. The number of sulfone groups is 1. The van der Waals surface area contributed by atoms with Crippen LogP contribution in [0.3, 0.4) is 0 Å². The zero-order chi connectivity index (χ0) is 23.3. The number of fused-ring (bicyclic) bond motifs is 1. The van der Waals surface area contributed by atoms with Crippen molar-refractivity contribution in [1.29, 1.82) is 0 Å². The van der Waals surface area contributed by atoms with Gasteiger partial charge >= 0.3 is 5.97 Å². The molecule has 0 bridgehead atoms. The molecule has 0 amide bonds. The Hall–Kier alpha value is -3.32. The highest BCUT2D eigenvalue weighted by atomic mass is 32.2. The lowest BCUT2D eigenvalue weighted by molar-refractivity contribution is -0.139. The van der Waals surface area contributed by atoms with Gasteiger partial charge in [-0.15, -0.1) is 0 Å². The van der Waals surface area contributed by atoms with Gasteiger partial charge in [0.25, 0.3) is 0 Å². The lowest BCUT2D eigenvalue weighted by Gasteiger charge is -2.32. The van der Waals surface area contributed by atoms with Crippen LogP contribution in [0.25, 0.3) is 0 Å². The quantitative estimate of drug-likeness (QED) is 0.512. The molecule has 1 aliphatic heterocycles. The van der Waals surface area contributed by atoms with Crippen LogP contribution in [0.4, 0.5) is 5.69 Å². The molecule has 0 radical (unpaired) electrons. The molecule has 0 atom stereocenters. The first-order chi connectivity index (χ1) is 16.0. The van der Waals surface area contributed by atoms with E-state index in [-0.39, 0.29) is 5.75 Å². The summed E-state index contributed by atoms with van der Waals surface area (Å²) in [5, 5.41) is 8.22. The average molecular weight is 466 g/mol. The van der Waals surface area contributed by atoms with Gasteiger partial charge in [0.1, 0.15) is 11.0 Å². The Kier molecular flexibility index (Phi) is 6.99. The summed E-state index contributed by atoms with van der Waals surface area (Å²) in [6.45, 7) is 0.695. The van der Waals surface area contributed by atoms with Crippen LogP contribution in [0, 0.1) is 0 Å².